The van der Waals surface area contributed by atoms with Crippen molar-refractivity contribution in [2.24, 2.45) is 0 Å². The first-order valence-electron chi connectivity index (χ1n) is 26.7. The van der Waals surface area contributed by atoms with E-state index >= 15 is 0 Å². The van der Waals surface area contributed by atoms with Crippen molar-refractivity contribution in [3.8, 4) is 45.5 Å². The summed E-state index contributed by atoms with van der Waals surface area (Å²) >= 11 is 0. The summed E-state index contributed by atoms with van der Waals surface area (Å²) in [6.07, 6.45) is 0. The molecule has 17 aromatic rings. The zero-order chi connectivity index (χ0) is 51.0. The molecule has 0 aliphatic carbocycles. The highest BCUT2D eigenvalue weighted by Gasteiger charge is 2.22. The average Bonchev–Trinajstić information content (AvgIpc) is 4.20. The summed E-state index contributed by atoms with van der Waals surface area (Å²) < 4.78 is 4.68. The van der Waals surface area contributed by atoms with Crippen LogP contribution in [0.4, 0.5) is 0 Å². The molecule has 0 fully saturated rings. The van der Waals surface area contributed by atoms with Crippen molar-refractivity contribution < 1.29 is 0 Å². The van der Waals surface area contributed by atoms with Gasteiger partial charge in [0, 0.05) is 38.4 Å². The zero-order valence-electron chi connectivity index (χ0n) is 42.1. The van der Waals surface area contributed by atoms with E-state index < -0.39 is 0 Å². The van der Waals surface area contributed by atoms with Crippen LogP contribution < -0.4 is 0 Å². The molecule has 78 heavy (non-hydrogen) atoms. The molecule has 0 radical (unpaired) electrons. The Balaban J connectivity index is 0.862. The molecule has 0 aliphatic heterocycles. The first-order chi connectivity index (χ1) is 38.7. The van der Waals surface area contributed by atoms with Gasteiger partial charge in [-0.25, -0.2) is 4.98 Å². The Morgan fingerprint density at radius 3 is 1.08 bits per heavy atom. The van der Waals surface area contributed by atoms with Crippen LogP contribution in [0.1, 0.15) is 0 Å². The molecule has 3 heterocycles. The minimum Gasteiger partial charge on any atom is -0.309 e. The Kier molecular flexibility index (Phi) is 9.06. The maximum Gasteiger partial charge on any atom is 0.238 e. The first kappa shape index (κ1) is 42.8. The standard InChI is InChI=1S/C73H43N5/c1-3-19-49-46(17-1)41-65(57-27-11-5-21-51(49)57)71-74-72(66-42-47-18-2-4-20-50(47)52-22-6-12-28-58(52)66)76-73(75-71)78-68-32-16-14-30-61(68)64-40-45(34-38-70(64)78)44-33-37-69-63(39-44)60-29-13-15-31-67(60)77(69)48-35-36-59-55-25-8-7-23-53(55)54-24-9-10-26-56(54)62(59)43-48/h1-43H. The smallest absolute Gasteiger partial charge is 0.238 e. The Labute approximate surface area is 447 Å². The molecule has 5 heteroatoms. The number of para-hydroxylation sites is 2. The monoisotopic (exact) mass is 989 g/mol. The van der Waals surface area contributed by atoms with Gasteiger partial charge in [-0.05, 0) is 147 Å². The van der Waals surface area contributed by atoms with Gasteiger partial charge in [-0.1, -0.05) is 200 Å². The molecule has 0 saturated carbocycles. The van der Waals surface area contributed by atoms with Gasteiger partial charge in [0.25, 0.3) is 0 Å². The van der Waals surface area contributed by atoms with Crippen LogP contribution in [-0.4, -0.2) is 24.1 Å². The molecule has 0 spiro atoms. The Morgan fingerprint density at radius 1 is 0.218 bits per heavy atom. The third kappa shape index (κ3) is 6.27. The zero-order valence-corrected chi connectivity index (χ0v) is 42.1. The van der Waals surface area contributed by atoms with Crippen molar-refractivity contribution in [3.63, 3.8) is 0 Å². The third-order valence-electron chi connectivity index (χ3n) is 16.5. The summed E-state index contributed by atoms with van der Waals surface area (Å²) in [5, 5.41) is 21.5. The molecule has 0 unspecified atom stereocenters. The SMILES string of the molecule is c1ccc2c(c1)cc(-c1nc(-c3cc4ccccc4c4ccccc34)nc(-n3c4ccccc4c4cc(-c5ccc6c(c5)c5ccccc5n6-c5ccc6c7ccccc7c7ccccc7c6c5)ccc43)n1)c1ccccc12. The van der Waals surface area contributed by atoms with Crippen molar-refractivity contribution in [2.45, 2.75) is 0 Å². The fraction of sp³-hybridized carbons (Fsp3) is 0. The van der Waals surface area contributed by atoms with E-state index in [0.29, 0.717) is 17.6 Å². The van der Waals surface area contributed by atoms with Gasteiger partial charge in [-0.2, -0.15) is 9.97 Å². The van der Waals surface area contributed by atoms with E-state index in [1.54, 1.807) is 0 Å². The van der Waals surface area contributed by atoms with Gasteiger partial charge in [0.15, 0.2) is 11.6 Å². The van der Waals surface area contributed by atoms with Crippen molar-refractivity contribution >= 4 is 119 Å². The quantitative estimate of drug-likeness (QED) is 0.161. The maximum absolute atomic E-state index is 5.53. The summed E-state index contributed by atoms with van der Waals surface area (Å²) in [5.74, 6) is 1.80. The van der Waals surface area contributed by atoms with Crippen LogP contribution in [0.2, 0.25) is 0 Å². The number of rotatable bonds is 5. The normalized spacial score (nSPS) is 12.1. The summed E-state index contributed by atoms with van der Waals surface area (Å²) in [7, 11) is 0. The second-order valence-corrected chi connectivity index (χ2v) is 20.7. The van der Waals surface area contributed by atoms with Crippen molar-refractivity contribution in [1.29, 1.82) is 0 Å². The molecule has 0 N–H and O–H groups in total. The maximum atomic E-state index is 5.53. The van der Waals surface area contributed by atoms with Gasteiger partial charge < -0.3 is 4.57 Å². The van der Waals surface area contributed by atoms with E-state index in [9.17, 15) is 0 Å². The van der Waals surface area contributed by atoms with E-state index in [-0.39, 0.29) is 0 Å². The molecule has 3 aromatic heterocycles. The number of benzene rings is 14. The van der Waals surface area contributed by atoms with Crippen LogP contribution in [0, 0.1) is 0 Å². The Bertz CT molecular complexity index is 5240. The lowest BCUT2D eigenvalue weighted by molar-refractivity contribution is 0.955. The summed E-state index contributed by atoms with van der Waals surface area (Å²) in [4.78, 5) is 16.5. The van der Waals surface area contributed by atoms with Gasteiger partial charge in [-0.3, -0.25) is 4.57 Å². The molecule has 360 valence electrons. The highest BCUT2D eigenvalue weighted by atomic mass is 15.2. The lowest BCUT2D eigenvalue weighted by atomic mass is 9.94. The minimum absolute atomic E-state index is 0.563. The van der Waals surface area contributed by atoms with Crippen LogP contribution in [0.25, 0.3) is 165 Å². The number of hydrogen-bond donors (Lipinski definition) is 0. The van der Waals surface area contributed by atoms with Gasteiger partial charge in [0.05, 0.1) is 22.1 Å². The van der Waals surface area contributed by atoms with Crippen molar-refractivity contribution in [2.75, 3.05) is 0 Å². The highest BCUT2D eigenvalue weighted by Crippen LogP contribution is 2.43. The number of nitrogens with zero attached hydrogens (tertiary/aromatic N) is 5. The fourth-order valence-corrected chi connectivity index (χ4v) is 13.0. The molecule has 14 aromatic carbocycles. The van der Waals surface area contributed by atoms with Crippen molar-refractivity contribution in [1.82, 2.24) is 24.1 Å². The second kappa shape index (κ2) is 16.5. The predicted octanol–water partition coefficient (Wildman–Crippen LogP) is 19.1. The molecule has 0 aliphatic rings. The van der Waals surface area contributed by atoms with E-state index in [4.69, 9.17) is 15.0 Å². The largest absolute Gasteiger partial charge is 0.309 e. The molecule has 0 bridgehead atoms. The molecular weight excluding hydrogens is 947 g/mol. The fourth-order valence-electron chi connectivity index (χ4n) is 13.0. The summed E-state index contributed by atoms with van der Waals surface area (Å²) in [6, 6.07) is 94.8. The van der Waals surface area contributed by atoms with E-state index in [0.717, 1.165) is 82.1 Å². The van der Waals surface area contributed by atoms with Gasteiger partial charge in [-0.15, -0.1) is 0 Å². The summed E-state index contributed by atoms with van der Waals surface area (Å²) in [6.45, 7) is 0. The van der Waals surface area contributed by atoms with E-state index in [1.807, 2.05) is 0 Å². The van der Waals surface area contributed by atoms with Crippen LogP contribution in [0.15, 0.2) is 261 Å². The third-order valence-corrected chi connectivity index (χ3v) is 16.5. The molecule has 0 amide bonds. The van der Waals surface area contributed by atoms with Gasteiger partial charge >= 0.3 is 0 Å². The van der Waals surface area contributed by atoms with E-state index in [2.05, 4.69) is 270 Å². The van der Waals surface area contributed by atoms with Gasteiger partial charge in [0.2, 0.25) is 5.95 Å². The molecular formula is C73H43N5. The molecule has 0 saturated heterocycles. The second-order valence-electron chi connectivity index (χ2n) is 20.7. The Morgan fingerprint density at radius 2 is 0.577 bits per heavy atom. The van der Waals surface area contributed by atoms with E-state index in [1.165, 1.54) is 64.9 Å². The molecule has 0 atom stereocenters. The number of aromatic nitrogens is 5. The van der Waals surface area contributed by atoms with Crippen molar-refractivity contribution in [3.05, 3.63) is 261 Å². The van der Waals surface area contributed by atoms with Crippen LogP contribution >= 0.6 is 0 Å². The first-order valence-corrected chi connectivity index (χ1v) is 26.7. The van der Waals surface area contributed by atoms with Crippen LogP contribution in [0.3, 0.4) is 0 Å². The van der Waals surface area contributed by atoms with Crippen LogP contribution in [-0.2, 0) is 0 Å². The molecule has 17 rings (SSSR count). The Hall–Kier alpha value is -10.5. The lowest BCUT2D eigenvalue weighted by Crippen LogP contribution is -2.07. The topological polar surface area (TPSA) is 48.5 Å². The average molecular weight is 990 g/mol. The lowest BCUT2D eigenvalue weighted by Gasteiger charge is -2.15. The highest BCUT2D eigenvalue weighted by molar-refractivity contribution is 6.26. The molecule has 5 nitrogen and oxygen atoms in total. The minimum atomic E-state index is 0.563. The number of fused-ring (bicyclic) bond motifs is 18. The number of hydrogen-bond acceptors (Lipinski definition) is 3. The predicted molar refractivity (Wildman–Crippen MR) is 327 cm³/mol. The van der Waals surface area contributed by atoms with Gasteiger partial charge in [0.1, 0.15) is 0 Å². The summed E-state index contributed by atoms with van der Waals surface area (Å²) in [5.41, 5.74) is 9.73. The van der Waals surface area contributed by atoms with Crippen LogP contribution in [0.5, 0.6) is 0 Å².